The van der Waals surface area contributed by atoms with Gasteiger partial charge in [0, 0.05) is 6.42 Å². The average molecular weight is 1430 g/mol. The quantitative estimate of drug-likeness (QED) is 0.107. The lowest BCUT2D eigenvalue weighted by Gasteiger charge is -2.50. The molecular formula is C54H90O43. The van der Waals surface area contributed by atoms with Crippen molar-refractivity contribution >= 4 is 0 Å². The van der Waals surface area contributed by atoms with Crippen LogP contribution in [0.2, 0.25) is 0 Å². The highest BCUT2D eigenvalue weighted by atomic mass is 16.8. The summed E-state index contributed by atoms with van der Waals surface area (Å²) in [6, 6.07) is 0. The summed E-state index contributed by atoms with van der Waals surface area (Å²) in [5.74, 6) is 0. The van der Waals surface area contributed by atoms with Gasteiger partial charge in [-0.1, -0.05) is 0 Å². The van der Waals surface area contributed by atoms with Gasteiger partial charge in [0.25, 0.3) is 0 Å². The van der Waals surface area contributed by atoms with Gasteiger partial charge in [-0.25, -0.2) is 0 Å². The topological polar surface area (TPSA) is 672 Å². The molecule has 18 unspecified atom stereocenters. The van der Waals surface area contributed by atoms with E-state index < -0.39 is 330 Å². The molecule has 0 saturated carbocycles. The van der Waals surface area contributed by atoms with Gasteiger partial charge >= 0.3 is 0 Å². The van der Waals surface area contributed by atoms with Crippen LogP contribution in [0.15, 0.2) is 0 Å². The molecule has 0 radical (unpaired) electrons. The fourth-order valence-electron chi connectivity index (χ4n) is 13.3. The van der Waals surface area contributed by atoms with Crippen molar-refractivity contribution in [3.8, 4) is 0 Å². The van der Waals surface area contributed by atoms with Crippen molar-refractivity contribution in [1.29, 1.82) is 0 Å². The monoisotopic (exact) mass is 1430 g/mol. The van der Waals surface area contributed by atoms with Crippen LogP contribution in [0.1, 0.15) is 13.3 Å². The third-order valence-corrected chi connectivity index (χ3v) is 18.9. The normalized spacial score (nSPS) is 55.5. The number of aliphatic hydroxyl groups excluding tert-OH is 25. The van der Waals surface area contributed by atoms with Gasteiger partial charge in [-0.15, -0.1) is 0 Å². The van der Waals surface area contributed by atoms with Crippen LogP contribution in [0.25, 0.3) is 0 Å². The van der Waals surface area contributed by atoms with Crippen molar-refractivity contribution in [2.45, 2.75) is 284 Å². The van der Waals surface area contributed by atoms with E-state index in [0.29, 0.717) is 0 Å². The number of hydrogen-bond acceptors (Lipinski definition) is 43. The van der Waals surface area contributed by atoms with E-state index in [1.54, 1.807) is 0 Å². The molecule has 27 rings (SSSR count). The Morgan fingerprint density at radius 1 is 0.196 bits per heavy atom. The Kier molecular flexibility index (Phi) is 26.6. The van der Waals surface area contributed by atoms with Crippen LogP contribution < -0.4 is 0 Å². The number of aliphatic hydroxyl groups is 25. The van der Waals surface area contributed by atoms with Crippen molar-refractivity contribution in [3.05, 3.63) is 0 Å². The summed E-state index contributed by atoms with van der Waals surface area (Å²) in [4.78, 5) is 0. The first-order chi connectivity index (χ1) is 46.2. The van der Waals surface area contributed by atoms with Crippen LogP contribution in [-0.2, 0) is 85.3 Å². The van der Waals surface area contributed by atoms with Gasteiger partial charge in [0.2, 0.25) is 0 Å². The molecule has 0 aromatic rings. The van der Waals surface area contributed by atoms with Crippen LogP contribution in [0, 0.1) is 0 Å². The van der Waals surface area contributed by atoms with Crippen LogP contribution in [-0.4, -0.2) is 451 Å². The fourth-order valence-corrected chi connectivity index (χ4v) is 13.3. The predicted molar refractivity (Wildman–Crippen MR) is 291 cm³/mol. The molecule has 43 heteroatoms. The van der Waals surface area contributed by atoms with Crippen molar-refractivity contribution < 1.29 is 213 Å². The first-order valence-electron chi connectivity index (χ1n) is 31.4. The maximum Gasteiger partial charge on any atom is 0.187 e. The molecule has 27 aliphatic rings. The molecule has 27 aliphatic heterocycles. The second-order valence-electron chi connectivity index (χ2n) is 25.1. The van der Waals surface area contributed by atoms with Crippen molar-refractivity contribution in [2.24, 2.45) is 0 Å². The van der Waals surface area contributed by atoms with Crippen molar-refractivity contribution in [1.82, 2.24) is 0 Å². The molecular weight excluding hydrogens is 1340 g/mol. The fraction of sp³-hybridized carbons (Fsp3) is 1.00. The molecule has 18 bridgehead atoms. The second-order valence-corrected chi connectivity index (χ2v) is 25.1. The Balaban J connectivity index is 0.884. The highest BCUT2D eigenvalue weighted by Crippen LogP contribution is 2.40. The summed E-state index contributed by atoms with van der Waals surface area (Å²) in [5.41, 5.74) is 0. The van der Waals surface area contributed by atoms with Gasteiger partial charge < -0.3 is 213 Å². The third-order valence-electron chi connectivity index (χ3n) is 18.9. The number of hydrogen-bond donors (Lipinski definition) is 25. The van der Waals surface area contributed by atoms with Gasteiger partial charge in [-0.3, -0.25) is 0 Å². The Bertz CT molecular complexity index is 2400. The second kappa shape index (κ2) is 33.2. The van der Waals surface area contributed by atoms with Crippen LogP contribution in [0.5, 0.6) is 0 Å². The molecule has 564 valence electrons. The average Bonchev–Trinajstić information content (AvgIpc) is 0.784. The predicted octanol–water partition coefficient (Wildman–Crippen LogP) is -17.5. The summed E-state index contributed by atoms with van der Waals surface area (Å²) in [6.45, 7) is -7.08. The zero-order valence-electron chi connectivity index (χ0n) is 51.3. The molecule has 0 spiro atoms. The van der Waals surface area contributed by atoms with Gasteiger partial charge in [-0.2, -0.15) is 0 Å². The van der Waals surface area contributed by atoms with E-state index in [0.717, 1.165) is 0 Å². The van der Waals surface area contributed by atoms with Gasteiger partial charge in [0.15, 0.2) is 56.6 Å². The zero-order valence-corrected chi connectivity index (χ0v) is 51.3. The van der Waals surface area contributed by atoms with Crippen LogP contribution in [0.4, 0.5) is 0 Å². The summed E-state index contributed by atoms with van der Waals surface area (Å²) in [5, 5.41) is 278. The Morgan fingerprint density at radius 3 is 0.515 bits per heavy atom. The number of ether oxygens (including phenoxy) is 18. The maximum atomic E-state index is 11.5. The van der Waals surface area contributed by atoms with E-state index in [1.807, 2.05) is 0 Å². The summed E-state index contributed by atoms with van der Waals surface area (Å²) in [7, 11) is 0. The van der Waals surface area contributed by atoms with Gasteiger partial charge in [0.1, 0.15) is 201 Å². The molecule has 0 aromatic carbocycles. The third kappa shape index (κ3) is 15.7. The molecule has 0 aliphatic carbocycles. The molecule has 43 nitrogen and oxygen atoms in total. The molecule has 25 N–H and O–H groups in total. The molecule has 0 aromatic heterocycles. The largest absolute Gasteiger partial charge is 0.394 e. The van der Waals surface area contributed by atoms with Crippen molar-refractivity contribution in [2.75, 3.05) is 52.9 Å². The minimum Gasteiger partial charge on any atom is -0.394 e. The molecule has 97 heavy (non-hydrogen) atoms. The molecule has 27 saturated heterocycles. The van der Waals surface area contributed by atoms with Crippen LogP contribution in [0.3, 0.4) is 0 Å². The molecule has 27 heterocycles. The Hall–Kier alpha value is -1.72. The Labute approximate surface area is 548 Å². The van der Waals surface area contributed by atoms with Gasteiger partial charge in [-0.05, 0) is 6.92 Å². The zero-order chi connectivity index (χ0) is 70.5. The first kappa shape index (κ1) is 77.9. The van der Waals surface area contributed by atoms with E-state index in [2.05, 4.69) is 0 Å². The standard InChI is InChI=1S/C54H90O43/c1-11-13-2-12(63)46(80-11)90-38-14(3-55)83-48(31(73)23(38)65)92-40-16(5-57)85-50(33(75)25(40)67)94-42-18(7-59)87-52(35(77)27(42)69)96-44-20(9-61)89-54(37(79)29(44)71)97-45-21(10-62)88-53(36(78)28(45)70)95-43-19(8-60)86-51(34(76)26(43)68)93-41-17(6-58)84-49(32(74)24(41)66)91-39-15(4-56)82-47(81-13)30(72)22(39)64/h11-79H,2-10H2,1H3/t11?,12?,13-,14?,15?,16?,17?,18?,19?,20?,21?,22+,23+,24+,25+,26+,27+,28+,29+,30?,31?,32?,33?,34?,35?,36?,37?,38+,39+,40+,41+,42+,43+,44+,45+,46+,47+,48+,49+,50+,51+,52+,53+,54-/m0/s1. The van der Waals surface area contributed by atoms with Gasteiger partial charge in [0.05, 0.1) is 65.1 Å². The van der Waals surface area contributed by atoms with E-state index in [4.69, 9.17) is 85.3 Å². The van der Waals surface area contributed by atoms with Crippen molar-refractivity contribution in [3.63, 3.8) is 0 Å². The van der Waals surface area contributed by atoms with E-state index in [9.17, 15) is 128 Å². The Morgan fingerprint density at radius 2 is 0.351 bits per heavy atom. The highest BCUT2D eigenvalue weighted by Gasteiger charge is 2.60. The molecule has 0 amide bonds. The van der Waals surface area contributed by atoms with E-state index >= 15 is 0 Å². The minimum absolute atomic E-state index is 0.424. The lowest BCUT2D eigenvalue weighted by molar-refractivity contribution is -0.399. The molecule has 44 atom stereocenters. The first-order valence-corrected chi connectivity index (χ1v) is 31.4. The maximum absolute atomic E-state index is 11.5. The smallest absolute Gasteiger partial charge is 0.187 e. The lowest BCUT2D eigenvalue weighted by Crippen LogP contribution is -2.68. The van der Waals surface area contributed by atoms with E-state index in [1.165, 1.54) is 6.92 Å². The summed E-state index contributed by atoms with van der Waals surface area (Å²) >= 11 is 0. The lowest BCUT2D eigenvalue weighted by atomic mass is 9.95. The number of rotatable bonds is 8. The summed E-state index contributed by atoms with van der Waals surface area (Å²) < 4.78 is 104. The minimum atomic E-state index is -2.27. The summed E-state index contributed by atoms with van der Waals surface area (Å²) in [6.07, 6.45) is -86.9. The van der Waals surface area contributed by atoms with E-state index in [-0.39, 0.29) is 0 Å². The SMILES string of the molecule is CC1O[C@@H]2O[C@@H]3C(CO)O[C@H](O[C@@H]4C(CO)O[C@H](O[C@@H]5C(CO)O[C@H](O[C@@H]6C(CO)O[C@@H](O[C@@H]7C(CO)O[C@H](O[C@@H]8C(CO)O[C@H](O[C@@H]9C(CO)O[C@H](O[C@@H]%10C(CO)O[C@@H](O[C@H]1CC2O)C(O)[C@H]%10O)C(O)[C@H]9O)C(O)[C@H]8O)C(O)[C@H]7O)C(O)[C@H]6O)C(O)[C@H]5O)C(O)[C@H]4O)C(O)[C@H]3O. The highest BCUT2D eigenvalue weighted by molar-refractivity contribution is 5.02. The van der Waals surface area contributed by atoms with Crippen LogP contribution >= 0.6 is 0 Å². The molecule has 27 fully saturated rings.